The first-order valence-corrected chi connectivity index (χ1v) is 8.86. The number of hydrogen-bond donors (Lipinski definition) is 1. The van der Waals surface area contributed by atoms with E-state index in [2.05, 4.69) is 20.6 Å². The molecule has 0 saturated carbocycles. The second kappa shape index (κ2) is 7.48. The minimum Gasteiger partial charge on any atom is -0.343 e. The predicted octanol–water partition coefficient (Wildman–Crippen LogP) is 3.38. The Morgan fingerprint density at radius 2 is 1.89 bits per heavy atom. The molecule has 0 aliphatic carbocycles. The van der Waals surface area contributed by atoms with Gasteiger partial charge in [-0.05, 0) is 31.2 Å². The van der Waals surface area contributed by atoms with Gasteiger partial charge < -0.3 is 9.84 Å². The molecule has 7 heteroatoms. The van der Waals surface area contributed by atoms with E-state index >= 15 is 0 Å². The van der Waals surface area contributed by atoms with Crippen LogP contribution in [0.25, 0.3) is 22.6 Å². The van der Waals surface area contributed by atoms with Crippen LogP contribution in [0.2, 0.25) is 0 Å². The molecule has 0 atom stereocenters. The third-order valence-electron chi connectivity index (χ3n) is 4.42. The fourth-order valence-corrected chi connectivity index (χ4v) is 2.88. The summed E-state index contributed by atoms with van der Waals surface area (Å²) in [6.45, 7) is 2.14. The fourth-order valence-electron chi connectivity index (χ4n) is 2.88. The van der Waals surface area contributed by atoms with E-state index in [4.69, 9.17) is 4.52 Å². The standard InChI is InChI=1S/C21H19N5O2/c1-14-6-8-15(9-7-14)21(27)22-13-19-24-20(25-28-19)17-5-3-4-16(12-17)18-10-11-23-26(18)2/h3-12H,13H2,1-2H3,(H,22,27). The monoisotopic (exact) mass is 373 g/mol. The second-order valence-corrected chi connectivity index (χ2v) is 6.48. The van der Waals surface area contributed by atoms with Crippen molar-refractivity contribution in [3.05, 3.63) is 77.8 Å². The molecule has 4 rings (SSSR count). The number of aromatic nitrogens is 4. The van der Waals surface area contributed by atoms with Gasteiger partial charge in [-0.15, -0.1) is 0 Å². The molecule has 1 amide bonds. The van der Waals surface area contributed by atoms with E-state index in [9.17, 15) is 4.79 Å². The molecule has 0 radical (unpaired) electrons. The summed E-state index contributed by atoms with van der Waals surface area (Å²) in [5, 5.41) is 11.0. The van der Waals surface area contributed by atoms with Crippen molar-refractivity contribution in [2.24, 2.45) is 7.05 Å². The molecular weight excluding hydrogens is 354 g/mol. The Bertz CT molecular complexity index is 1110. The van der Waals surface area contributed by atoms with E-state index < -0.39 is 0 Å². The van der Waals surface area contributed by atoms with E-state index in [1.54, 1.807) is 23.0 Å². The molecule has 2 heterocycles. The largest absolute Gasteiger partial charge is 0.343 e. The lowest BCUT2D eigenvalue weighted by atomic mass is 10.1. The summed E-state index contributed by atoms with van der Waals surface area (Å²) < 4.78 is 7.09. The average molecular weight is 373 g/mol. The van der Waals surface area contributed by atoms with Crippen LogP contribution in [-0.2, 0) is 13.6 Å². The maximum Gasteiger partial charge on any atom is 0.251 e. The number of rotatable bonds is 5. The molecule has 4 aromatic rings. The third kappa shape index (κ3) is 3.68. The number of nitrogens with zero attached hydrogens (tertiary/aromatic N) is 4. The second-order valence-electron chi connectivity index (χ2n) is 6.48. The Labute approximate surface area is 162 Å². The summed E-state index contributed by atoms with van der Waals surface area (Å²) in [4.78, 5) is 16.6. The van der Waals surface area contributed by atoms with Crippen molar-refractivity contribution in [2.45, 2.75) is 13.5 Å². The summed E-state index contributed by atoms with van der Waals surface area (Å²) in [5.41, 5.74) is 4.53. The number of benzene rings is 2. The van der Waals surface area contributed by atoms with Gasteiger partial charge in [0.25, 0.3) is 5.91 Å². The highest BCUT2D eigenvalue weighted by molar-refractivity contribution is 5.94. The van der Waals surface area contributed by atoms with Crippen LogP contribution in [0.5, 0.6) is 0 Å². The molecule has 140 valence electrons. The third-order valence-corrected chi connectivity index (χ3v) is 4.42. The van der Waals surface area contributed by atoms with Gasteiger partial charge in [0.2, 0.25) is 11.7 Å². The maximum absolute atomic E-state index is 12.2. The van der Waals surface area contributed by atoms with Crippen LogP contribution in [0.1, 0.15) is 21.8 Å². The van der Waals surface area contributed by atoms with Crippen molar-refractivity contribution < 1.29 is 9.32 Å². The fraction of sp³-hybridized carbons (Fsp3) is 0.143. The van der Waals surface area contributed by atoms with Crippen molar-refractivity contribution in [1.82, 2.24) is 25.2 Å². The molecule has 2 aromatic carbocycles. The van der Waals surface area contributed by atoms with Crippen molar-refractivity contribution in [1.29, 1.82) is 0 Å². The van der Waals surface area contributed by atoms with Crippen LogP contribution in [0.15, 0.2) is 65.3 Å². The summed E-state index contributed by atoms with van der Waals surface area (Å²) in [5.74, 6) is 0.642. The first-order chi connectivity index (χ1) is 13.6. The minimum absolute atomic E-state index is 0.168. The highest BCUT2D eigenvalue weighted by Gasteiger charge is 2.12. The number of carbonyl (C=O) groups is 1. The first kappa shape index (κ1) is 17.7. The summed E-state index contributed by atoms with van der Waals surface area (Å²) >= 11 is 0. The zero-order valence-corrected chi connectivity index (χ0v) is 15.6. The van der Waals surface area contributed by atoms with Gasteiger partial charge in [0.15, 0.2) is 0 Å². The van der Waals surface area contributed by atoms with Crippen molar-refractivity contribution in [3.8, 4) is 22.6 Å². The van der Waals surface area contributed by atoms with E-state index in [0.717, 1.165) is 22.4 Å². The molecule has 1 N–H and O–H groups in total. The quantitative estimate of drug-likeness (QED) is 0.580. The lowest BCUT2D eigenvalue weighted by Crippen LogP contribution is -2.22. The number of hydrogen-bond acceptors (Lipinski definition) is 5. The average Bonchev–Trinajstić information content (AvgIpc) is 3.36. The van der Waals surface area contributed by atoms with Crippen LogP contribution in [0.3, 0.4) is 0 Å². The van der Waals surface area contributed by atoms with Gasteiger partial charge in [0.1, 0.15) is 0 Å². The van der Waals surface area contributed by atoms with Crippen LogP contribution in [-0.4, -0.2) is 25.8 Å². The Balaban J connectivity index is 1.47. The Morgan fingerprint density at radius 1 is 1.11 bits per heavy atom. The van der Waals surface area contributed by atoms with Crippen LogP contribution >= 0.6 is 0 Å². The van der Waals surface area contributed by atoms with E-state index in [-0.39, 0.29) is 12.5 Å². The van der Waals surface area contributed by atoms with Gasteiger partial charge in [-0.25, -0.2) is 0 Å². The van der Waals surface area contributed by atoms with E-state index in [1.165, 1.54) is 0 Å². The smallest absolute Gasteiger partial charge is 0.251 e. The Morgan fingerprint density at radius 3 is 2.64 bits per heavy atom. The molecule has 0 bridgehead atoms. The van der Waals surface area contributed by atoms with Crippen LogP contribution < -0.4 is 5.32 Å². The predicted molar refractivity (Wildman–Crippen MR) is 104 cm³/mol. The zero-order chi connectivity index (χ0) is 19.5. The molecule has 2 aromatic heterocycles. The van der Waals surface area contributed by atoms with Gasteiger partial charge in [-0.3, -0.25) is 9.48 Å². The van der Waals surface area contributed by atoms with Crippen molar-refractivity contribution >= 4 is 5.91 Å². The highest BCUT2D eigenvalue weighted by atomic mass is 16.5. The molecule has 0 unspecified atom stereocenters. The van der Waals surface area contributed by atoms with Gasteiger partial charge in [-0.1, -0.05) is 41.1 Å². The van der Waals surface area contributed by atoms with Crippen molar-refractivity contribution in [2.75, 3.05) is 0 Å². The summed E-state index contributed by atoms with van der Waals surface area (Å²) in [6.07, 6.45) is 1.76. The summed E-state index contributed by atoms with van der Waals surface area (Å²) in [6, 6.07) is 17.2. The maximum atomic E-state index is 12.2. The topological polar surface area (TPSA) is 85.8 Å². The zero-order valence-electron chi connectivity index (χ0n) is 15.6. The summed E-state index contributed by atoms with van der Waals surface area (Å²) in [7, 11) is 1.89. The number of aryl methyl sites for hydroxylation is 2. The van der Waals surface area contributed by atoms with Gasteiger partial charge in [0, 0.05) is 29.9 Å². The lowest BCUT2D eigenvalue weighted by molar-refractivity contribution is 0.0946. The number of amides is 1. The van der Waals surface area contributed by atoms with Gasteiger partial charge in [-0.2, -0.15) is 10.1 Å². The molecule has 0 spiro atoms. The minimum atomic E-state index is -0.182. The van der Waals surface area contributed by atoms with E-state index in [1.807, 2.05) is 56.4 Å². The normalized spacial score (nSPS) is 10.8. The van der Waals surface area contributed by atoms with Gasteiger partial charge >= 0.3 is 0 Å². The van der Waals surface area contributed by atoms with Gasteiger partial charge in [0.05, 0.1) is 12.2 Å². The molecule has 0 aliphatic rings. The van der Waals surface area contributed by atoms with Crippen LogP contribution in [0.4, 0.5) is 0 Å². The molecule has 7 nitrogen and oxygen atoms in total. The highest BCUT2D eigenvalue weighted by Crippen LogP contribution is 2.24. The van der Waals surface area contributed by atoms with E-state index in [0.29, 0.717) is 17.3 Å². The molecule has 0 saturated heterocycles. The number of nitrogens with one attached hydrogen (secondary N) is 1. The molecule has 0 aliphatic heterocycles. The Hall–Kier alpha value is -3.74. The first-order valence-electron chi connectivity index (χ1n) is 8.86. The molecule has 28 heavy (non-hydrogen) atoms. The molecule has 0 fully saturated rings. The molecular formula is C21H19N5O2. The lowest BCUT2D eigenvalue weighted by Gasteiger charge is -2.03. The SMILES string of the molecule is Cc1ccc(C(=O)NCc2nc(-c3cccc(-c4ccnn4C)c3)no2)cc1. The Kier molecular flexibility index (Phi) is 4.72. The number of carbonyl (C=O) groups excluding carboxylic acids is 1. The van der Waals surface area contributed by atoms with Crippen molar-refractivity contribution in [3.63, 3.8) is 0 Å². The van der Waals surface area contributed by atoms with Crippen LogP contribution in [0, 0.1) is 6.92 Å².